The predicted molar refractivity (Wildman–Crippen MR) is 83.0 cm³/mol. The third-order valence-electron chi connectivity index (χ3n) is 3.24. The van der Waals surface area contributed by atoms with Crippen molar-refractivity contribution in [1.82, 2.24) is 5.32 Å². The first-order chi connectivity index (χ1) is 9.56. The number of thioether (sulfide) groups is 1. The van der Waals surface area contributed by atoms with E-state index in [0.29, 0.717) is 12.5 Å². The molecule has 108 valence electrons. The van der Waals surface area contributed by atoms with Crippen molar-refractivity contribution in [1.29, 1.82) is 0 Å². The van der Waals surface area contributed by atoms with Crippen molar-refractivity contribution in [2.75, 3.05) is 17.6 Å². The Morgan fingerprint density at radius 1 is 1.40 bits per heavy atom. The SMILES string of the molecule is CC(C)c1ccc(NC(=O)C[C@@H]2SCCNC2=O)cc1. The first-order valence-electron chi connectivity index (χ1n) is 6.85. The molecule has 1 aliphatic rings. The largest absolute Gasteiger partial charge is 0.354 e. The second-order valence-corrected chi connectivity index (χ2v) is 6.49. The van der Waals surface area contributed by atoms with E-state index in [9.17, 15) is 9.59 Å². The van der Waals surface area contributed by atoms with Crippen molar-refractivity contribution >= 4 is 29.3 Å². The number of hydrogen-bond acceptors (Lipinski definition) is 3. The van der Waals surface area contributed by atoms with Gasteiger partial charge in [0.2, 0.25) is 11.8 Å². The van der Waals surface area contributed by atoms with Crippen molar-refractivity contribution in [2.45, 2.75) is 31.4 Å². The Bertz CT molecular complexity index is 485. The maximum atomic E-state index is 11.9. The van der Waals surface area contributed by atoms with Gasteiger partial charge in [0.05, 0.1) is 5.25 Å². The highest BCUT2D eigenvalue weighted by atomic mass is 32.2. The van der Waals surface area contributed by atoms with Gasteiger partial charge >= 0.3 is 0 Å². The highest BCUT2D eigenvalue weighted by Crippen LogP contribution is 2.20. The van der Waals surface area contributed by atoms with Crippen molar-refractivity contribution in [3.8, 4) is 0 Å². The number of hydrogen-bond donors (Lipinski definition) is 2. The van der Waals surface area contributed by atoms with Gasteiger partial charge < -0.3 is 10.6 Å². The molecule has 0 bridgehead atoms. The summed E-state index contributed by atoms with van der Waals surface area (Å²) < 4.78 is 0. The van der Waals surface area contributed by atoms with Gasteiger partial charge in [-0.15, -0.1) is 11.8 Å². The molecule has 0 aromatic heterocycles. The molecule has 4 nitrogen and oxygen atoms in total. The van der Waals surface area contributed by atoms with Gasteiger partial charge in [0, 0.05) is 24.4 Å². The van der Waals surface area contributed by atoms with Crippen LogP contribution in [0.3, 0.4) is 0 Å². The van der Waals surface area contributed by atoms with Crippen LogP contribution in [-0.2, 0) is 9.59 Å². The van der Waals surface area contributed by atoms with Crippen LogP contribution < -0.4 is 10.6 Å². The third-order valence-corrected chi connectivity index (χ3v) is 4.47. The molecular weight excluding hydrogens is 272 g/mol. The van der Waals surface area contributed by atoms with Gasteiger partial charge in [0.15, 0.2) is 0 Å². The topological polar surface area (TPSA) is 58.2 Å². The smallest absolute Gasteiger partial charge is 0.233 e. The number of benzene rings is 1. The Balaban J connectivity index is 1.89. The zero-order chi connectivity index (χ0) is 14.5. The lowest BCUT2D eigenvalue weighted by atomic mass is 10.0. The van der Waals surface area contributed by atoms with E-state index in [1.54, 1.807) is 11.8 Å². The molecule has 0 spiro atoms. The van der Waals surface area contributed by atoms with Gasteiger partial charge in [0.1, 0.15) is 0 Å². The molecule has 2 amide bonds. The Morgan fingerprint density at radius 2 is 2.10 bits per heavy atom. The van der Waals surface area contributed by atoms with Crippen LogP contribution in [0.15, 0.2) is 24.3 Å². The summed E-state index contributed by atoms with van der Waals surface area (Å²) in [5, 5.41) is 5.36. The second kappa shape index (κ2) is 6.79. The molecule has 2 rings (SSSR count). The fourth-order valence-corrected chi connectivity index (χ4v) is 3.06. The van der Waals surface area contributed by atoms with Crippen molar-refractivity contribution in [3.05, 3.63) is 29.8 Å². The van der Waals surface area contributed by atoms with Crippen LogP contribution in [0.25, 0.3) is 0 Å². The normalized spacial score (nSPS) is 18.8. The van der Waals surface area contributed by atoms with E-state index < -0.39 is 0 Å². The number of anilines is 1. The molecule has 1 saturated heterocycles. The Labute approximate surface area is 123 Å². The van der Waals surface area contributed by atoms with Gasteiger partial charge in [-0.05, 0) is 23.6 Å². The fraction of sp³-hybridized carbons (Fsp3) is 0.467. The van der Waals surface area contributed by atoms with Gasteiger partial charge in [-0.1, -0.05) is 26.0 Å². The highest BCUT2D eigenvalue weighted by molar-refractivity contribution is 8.00. The van der Waals surface area contributed by atoms with Crippen LogP contribution in [0.5, 0.6) is 0 Å². The summed E-state index contributed by atoms with van der Waals surface area (Å²) in [7, 11) is 0. The van der Waals surface area contributed by atoms with E-state index in [1.807, 2.05) is 24.3 Å². The van der Waals surface area contributed by atoms with E-state index >= 15 is 0 Å². The van der Waals surface area contributed by atoms with Crippen molar-refractivity contribution in [3.63, 3.8) is 0 Å². The summed E-state index contributed by atoms with van der Waals surface area (Å²) in [6.07, 6.45) is 0.225. The summed E-state index contributed by atoms with van der Waals surface area (Å²) in [5.41, 5.74) is 2.02. The van der Waals surface area contributed by atoms with Crippen LogP contribution in [0, 0.1) is 0 Å². The van der Waals surface area contributed by atoms with Gasteiger partial charge in [-0.3, -0.25) is 9.59 Å². The van der Waals surface area contributed by atoms with Crippen molar-refractivity contribution < 1.29 is 9.59 Å². The lowest BCUT2D eigenvalue weighted by Crippen LogP contribution is -2.40. The van der Waals surface area contributed by atoms with Crippen LogP contribution >= 0.6 is 11.8 Å². The molecule has 20 heavy (non-hydrogen) atoms. The zero-order valence-electron chi connectivity index (χ0n) is 11.8. The van der Waals surface area contributed by atoms with E-state index in [4.69, 9.17) is 0 Å². The van der Waals surface area contributed by atoms with Crippen LogP contribution in [-0.4, -0.2) is 29.4 Å². The summed E-state index contributed by atoms with van der Waals surface area (Å²) >= 11 is 1.54. The van der Waals surface area contributed by atoms with Gasteiger partial charge in [0.25, 0.3) is 0 Å². The number of carbonyl (C=O) groups excluding carboxylic acids is 2. The molecule has 1 atom stereocenters. The standard InChI is InChI=1S/C15H20N2O2S/c1-10(2)11-3-5-12(6-4-11)17-14(18)9-13-15(19)16-7-8-20-13/h3-6,10,13H,7-9H2,1-2H3,(H,16,19)(H,17,18)/t13-/m0/s1. The molecule has 0 saturated carbocycles. The molecule has 1 aliphatic heterocycles. The molecule has 0 unspecified atom stereocenters. The number of nitrogens with one attached hydrogen (secondary N) is 2. The summed E-state index contributed by atoms with van der Waals surface area (Å²) in [5.74, 6) is 1.19. The minimum Gasteiger partial charge on any atom is -0.354 e. The average molecular weight is 292 g/mol. The average Bonchev–Trinajstić information content (AvgIpc) is 2.42. The van der Waals surface area contributed by atoms with Crippen LogP contribution in [0.4, 0.5) is 5.69 Å². The summed E-state index contributed by atoms with van der Waals surface area (Å²) in [6, 6.07) is 7.84. The fourth-order valence-electron chi connectivity index (χ4n) is 2.05. The first-order valence-corrected chi connectivity index (χ1v) is 7.90. The number of amides is 2. The lowest BCUT2D eigenvalue weighted by Gasteiger charge is -2.20. The molecule has 5 heteroatoms. The van der Waals surface area contributed by atoms with E-state index in [1.165, 1.54) is 5.56 Å². The lowest BCUT2D eigenvalue weighted by molar-refractivity contribution is -0.123. The molecule has 0 aliphatic carbocycles. The molecule has 0 radical (unpaired) electrons. The first kappa shape index (κ1) is 14.9. The Kier molecular flexibility index (Phi) is 5.06. The maximum Gasteiger partial charge on any atom is 0.233 e. The monoisotopic (exact) mass is 292 g/mol. The summed E-state index contributed by atoms with van der Waals surface area (Å²) in [4.78, 5) is 23.5. The number of rotatable bonds is 4. The van der Waals surface area contributed by atoms with Crippen LogP contribution in [0.1, 0.15) is 31.7 Å². The quantitative estimate of drug-likeness (QED) is 0.895. The van der Waals surface area contributed by atoms with E-state index in [2.05, 4.69) is 24.5 Å². The third kappa shape index (κ3) is 4.00. The zero-order valence-corrected chi connectivity index (χ0v) is 12.6. The Hall–Kier alpha value is -1.49. The van der Waals surface area contributed by atoms with E-state index in [0.717, 1.165) is 11.4 Å². The molecular formula is C15H20N2O2S. The molecule has 1 aromatic carbocycles. The predicted octanol–water partition coefficient (Wildman–Crippen LogP) is 2.37. The Morgan fingerprint density at radius 3 is 2.70 bits per heavy atom. The molecule has 1 aromatic rings. The summed E-state index contributed by atoms with van der Waals surface area (Å²) in [6.45, 7) is 4.96. The molecule has 2 N–H and O–H groups in total. The minimum atomic E-state index is -0.265. The van der Waals surface area contributed by atoms with Gasteiger partial charge in [-0.25, -0.2) is 0 Å². The number of carbonyl (C=O) groups is 2. The highest BCUT2D eigenvalue weighted by Gasteiger charge is 2.25. The molecule has 1 fully saturated rings. The van der Waals surface area contributed by atoms with E-state index in [-0.39, 0.29) is 23.5 Å². The second-order valence-electron chi connectivity index (χ2n) is 5.18. The van der Waals surface area contributed by atoms with Crippen LogP contribution in [0.2, 0.25) is 0 Å². The minimum absolute atomic E-state index is 0.0356. The van der Waals surface area contributed by atoms with Gasteiger partial charge in [-0.2, -0.15) is 0 Å². The molecule has 1 heterocycles. The van der Waals surface area contributed by atoms with Crippen molar-refractivity contribution in [2.24, 2.45) is 0 Å². The maximum absolute atomic E-state index is 11.9.